The zero-order chi connectivity index (χ0) is 37.4. The van der Waals surface area contributed by atoms with Gasteiger partial charge in [0.25, 0.3) is 0 Å². The van der Waals surface area contributed by atoms with Crippen LogP contribution in [0.3, 0.4) is 0 Å². The summed E-state index contributed by atoms with van der Waals surface area (Å²) in [6.07, 6.45) is 3.44. The van der Waals surface area contributed by atoms with Gasteiger partial charge in [0.15, 0.2) is 0 Å². The number of nitrogens with two attached hydrogens (primary N) is 1. The predicted octanol–water partition coefficient (Wildman–Crippen LogP) is 4.76. The number of aliphatic carboxylic acids is 1. The SMILES string of the molecule is Cc1sc(C(=O)c2cncnc2N[C@H]2CC(COS(N)(=O)=O)[C@@H](C(C(=O)O)c3ccc(OP(=O)(O)O)cc3)C2)cc1[C@@H]1OCCc2ccc(Cl)cc21. The van der Waals surface area contributed by atoms with Gasteiger partial charge in [0.05, 0.1) is 29.6 Å². The first-order valence-electron chi connectivity index (χ1n) is 15.9. The monoisotopic (exact) mass is 792 g/mol. The number of halogens is 1. The number of phosphoric acid groups is 1. The van der Waals surface area contributed by atoms with E-state index in [0.29, 0.717) is 16.5 Å². The smallest absolute Gasteiger partial charge is 0.481 e. The van der Waals surface area contributed by atoms with E-state index in [9.17, 15) is 27.7 Å². The molecule has 276 valence electrons. The average Bonchev–Trinajstić information content (AvgIpc) is 3.65. The standard InChI is InChI=1S/C33H34ClN4O11PS2/c1-17-24(31-26-11-21(34)5-2-18(26)8-9-47-31)13-28(51-17)30(39)27-14-36-16-37-32(27)38-22-10-20(15-48-52(35,45)46)25(12-22)29(33(40)41)19-3-6-23(7-4-19)49-50(42,43)44/h2-7,11,13-14,16,20,22,25,29,31H,8-10,12,15H2,1H3,(H,40,41)(H2,35,45,46)(H,36,37,38)(H2,42,43,44)/t20?,22-,25-,29?,31-/m0/s1. The maximum absolute atomic E-state index is 14.0. The lowest BCUT2D eigenvalue weighted by Crippen LogP contribution is -2.29. The molecule has 52 heavy (non-hydrogen) atoms. The molecule has 4 aromatic rings. The molecule has 2 aromatic carbocycles. The first-order valence-corrected chi connectivity index (χ1v) is 20.1. The van der Waals surface area contributed by atoms with Crippen LogP contribution in [0.25, 0.3) is 0 Å². The highest BCUT2D eigenvalue weighted by Crippen LogP contribution is 2.45. The number of hydrogen-bond donors (Lipinski definition) is 5. The zero-order valence-corrected chi connectivity index (χ0v) is 30.7. The van der Waals surface area contributed by atoms with Crippen LogP contribution in [0.5, 0.6) is 5.75 Å². The van der Waals surface area contributed by atoms with E-state index in [2.05, 4.69) is 19.8 Å². The zero-order valence-electron chi connectivity index (χ0n) is 27.4. The Morgan fingerprint density at radius 1 is 1.15 bits per heavy atom. The number of carbonyl (C=O) groups excluding carboxylic acids is 1. The summed E-state index contributed by atoms with van der Waals surface area (Å²) in [6.45, 7) is 2.03. The molecule has 0 bridgehead atoms. The Morgan fingerprint density at radius 3 is 2.60 bits per heavy atom. The van der Waals surface area contributed by atoms with Gasteiger partial charge in [0, 0.05) is 22.1 Å². The summed E-state index contributed by atoms with van der Waals surface area (Å²) in [5, 5.41) is 19.3. The number of phosphoric ester groups is 1. The molecular formula is C33H34ClN4O11PS2. The Bertz CT molecular complexity index is 2150. The maximum Gasteiger partial charge on any atom is 0.524 e. The van der Waals surface area contributed by atoms with Crippen molar-refractivity contribution in [2.75, 3.05) is 18.5 Å². The second-order valence-electron chi connectivity index (χ2n) is 12.6. The van der Waals surface area contributed by atoms with Crippen molar-refractivity contribution in [3.8, 4) is 5.75 Å². The number of benzene rings is 2. The fourth-order valence-electron chi connectivity index (χ4n) is 6.98. The average molecular weight is 793 g/mol. The van der Waals surface area contributed by atoms with Crippen molar-refractivity contribution in [2.24, 2.45) is 17.0 Å². The molecule has 1 aliphatic heterocycles. The van der Waals surface area contributed by atoms with Crippen LogP contribution in [0.1, 0.15) is 67.2 Å². The maximum atomic E-state index is 14.0. The molecule has 2 aliphatic rings. The molecule has 1 fully saturated rings. The van der Waals surface area contributed by atoms with Crippen LogP contribution in [0.2, 0.25) is 5.02 Å². The number of carboxylic acid groups (broad SMARTS) is 1. The molecule has 0 spiro atoms. The Balaban J connectivity index is 1.25. The van der Waals surface area contributed by atoms with E-state index < -0.39 is 60.6 Å². The van der Waals surface area contributed by atoms with Crippen LogP contribution in [0, 0.1) is 18.8 Å². The summed E-state index contributed by atoms with van der Waals surface area (Å²) >= 11 is 7.62. The van der Waals surface area contributed by atoms with Gasteiger partial charge in [0.2, 0.25) is 5.78 Å². The summed E-state index contributed by atoms with van der Waals surface area (Å²) in [4.78, 5) is 54.7. The lowest BCUT2D eigenvalue weighted by Gasteiger charge is -2.26. The van der Waals surface area contributed by atoms with E-state index >= 15 is 0 Å². The summed E-state index contributed by atoms with van der Waals surface area (Å²) in [7, 11) is -9.21. The molecule has 3 heterocycles. The molecule has 6 rings (SSSR count). The van der Waals surface area contributed by atoms with Gasteiger partial charge < -0.3 is 19.7 Å². The summed E-state index contributed by atoms with van der Waals surface area (Å²) in [5.74, 6) is -4.06. The Labute approximate surface area is 307 Å². The van der Waals surface area contributed by atoms with Crippen molar-refractivity contribution in [1.29, 1.82) is 0 Å². The molecule has 15 nitrogen and oxygen atoms in total. The minimum Gasteiger partial charge on any atom is -0.481 e. The second-order valence-corrected chi connectivity index (χ2v) is 16.6. The lowest BCUT2D eigenvalue weighted by atomic mass is 9.80. The van der Waals surface area contributed by atoms with Crippen LogP contribution >= 0.6 is 30.8 Å². The van der Waals surface area contributed by atoms with E-state index in [1.165, 1.54) is 48.1 Å². The van der Waals surface area contributed by atoms with Crippen molar-refractivity contribution in [3.63, 3.8) is 0 Å². The number of nitrogens with zero attached hydrogens (tertiary/aromatic N) is 2. The molecule has 2 aromatic heterocycles. The quantitative estimate of drug-likeness (QED) is 0.0907. The number of ether oxygens (including phenoxy) is 1. The summed E-state index contributed by atoms with van der Waals surface area (Å²) in [5.41, 5.74) is 3.39. The van der Waals surface area contributed by atoms with Crippen molar-refractivity contribution < 1.29 is 50.9 Å². The molecule has 19 heteroatoms. The Hall–Kier alpha value is -3.77. The number of anilines is 1. The van der Waals surface area contributed by atoms with Crippen LogP contribution < -0.4 is 15.0 Å². The lowest BCUT2D eigenvalue weighted by molar-refractivity contribution is -0.140. The van der Waals surface area contributed by atoms with Gasteiger partial charge in [-0.2, -0.15) is 8.42 Å². The van der Waals surface area contributed by atoms with Gasteiger partial charge in [0.1, 0.15) is 24.0 Å². The van der Waals surface area contributed by atoms with Crippen molar-refractivity contribution in [1.82, 2.24) is 9.97 Å². The van der Waals surface area contributed by atoms with E-state index in [1.807, 2.05) is 25.1 Å². The first-order chi connectivity index (χ1) is 24.6. The molecule has 0 amide bonds. The van der Waals surface area contributed by atoms with Crippen molar-refractivity contribution >= 4 is 58.6 Å². The third-order valence-electron chi connectivity index (χ3n) is 9.16. The van der Waals surface area contributed by atoms with Crippen LogP contribution in [-0.2, 0) is 35.0 Å². The molecule has 2 unspecified atom stereocenters. The van der Waals surface area contributed by atoms with Crippen molar-refractivity contribution in [3.05, 3.63) is 104 Å². The van der Waals surface area contributed by atoms with Crippen LogP contribution in [-0.4, -0.2) is 64.3 Å². The largest absolute Gasteiger partial charge is 0.524 e. The van der Waals surface area contributed by atoms with E-state index in [1.54, 1.807) is 6.07 Å². The third kappa shape index (κ3) is 8.87. The van der Waals surface area contributed by atoms with Gasteiger partial charge in [-0.15, -0.1) is 11.3 Å². The first kappa shape index (κ1) is 38.0. The number of aromatic nitrogens is 2. The highest BCUT2D eigenvalue weighted by atomic mass is 35.5. The van der Waals surface area contributed by atoms with E-state index in [-0.39, 0.29) is 41.3 Å². The summed E-state index contributed by atoms with van der Waals surface area (Å²) in [6, 6.07) is 12.2. The molecule has 0 radical (unpaired) electrons. The molecule has 0 saturated heterocycles. The topological polar surface area (TPSA) is 238 Å². The number of nitrogens with one attached hydrogen (secondary N) is 1. The molecule has 6 N–H and O–H groups in total. The minimum absolute atomic E-state index is 0.171. The molecule has 1 aliphatic carbocycles. The number of rotatable bonds is 13. The number of aryl methyl sites for hydroxylation is 1. The van der Waals surface area contributed by atoms with Gasteiger partial charge in [-0.25, -0.2) is 19.7 Å². The molecular weight excluding hydrogens is 759 g/mol. The predicted molar refractivity (Wildman–Crippen MR) is 190 cm³/mol. The van der Waals surface area contributed by atoms with Crippen LogP contribution in [0.4, 0.5) is 5.82 Å². The fourth-order valence-corrected chi connectivity index (χ4v) is 8.92. The third-order valence-corrected chi connectivity index (χ3v) is 11.4. The minimum atomic E-state index is -4.85. The number of hydrogen-bond acceptors (Lipinski definition) is 12. The van der Waals surface area contributed by atoms with Gasteiger partial charge in [-0.05, 0) is 90.6 Å². The molecule has 1 saturated carbocycles. The highest BCUT2D eigenvalue weighted by Gasteiger charge is 2.44. The number of fused-ring (bicyclic) bond motifs is 1. The Morgan fingerprint density at radius 2 is 1.90 bits per heavy atom. The number of thiophene rings is 1. The van der Waals surface area contributed by atoms with Crippen LogP contribution in [0.15, 0.2) is 61.1 Å². The number of ketones is 1. The van der Waals surface area contributed by atoms with Gasteiger partial charge in [-0.3, -0.25) is 23.6 Å². The molecule has 5 atom stereocenters. The van der Waals surface area contributed by atoms with E-state index in [4.69, 9.17) is 35.4 Å². The normalized spacial score (nSPS) is 20.9. The second kappa shape index (κ2) is 15.3. The van der Waals surface area contributed by atoms with E-state index in [0.717, 1.165) is 28.0 Å². The Kier molecular flexibility index (Phi) is 11.2. The van der Waals surface area contributed by atoms with Gasteiger partial charge >= 0.3 is 24.1 Å². The number of carbonyl (C=O) groups is 2. The fraction of sp³-hybridized carbons (Fsp3) is 0.333. The van der Waals surface area contributed by atoms with Crippen molar-refractivity contribution in [2.45, 2.75) is 44.2 Å². The van der Waals surface area contributed by atoms with Gasteiger partial charge in [-0.1, -0.05) is 29.8 Å². The highest BCUT2D eigenvalue weighted by molar-refractivity contribution is 7.84. The number of carboxylic acids is 1. The summed E-state index contributed by atoms with van der Waals surface area (Å²) < 4.78 is 50.4.